The molecule has 164 valence electrons. The molecule has 6 N–H and O–H groups in total. The Morgan fingerprint density at radius 3 is 2.56 bits per heavy atom. The smallest absolute Gasteiger partial charge is 0.287 e. The third-order valence-electron chi connectivity index (χ3n) is 4.23. The Kier molecular flexibility index (Phi) is 7.15. The van der Waals surface area contributed by atoms with E-state index in [2.05, 4.69) is 20.6 Å². The van der Waals surface area contributed by atoms with E-state index in [-0.39, 0.29) is 24.9 Å². The van der Waals surface area contributed by atoms with Gasteiger partial charge >= 0.3 is 0 Å². The summed E-state index contributed by atoms with van der Waals surface area (Å²) in [6.45, 7) is 0.353. The van der Waals surface area contributed by atoms with Crippen LogP contribution in [0.1, 0.15) is 15.9 Å². The molecule has 0 bridgehead atoms. The Labute approximate surface area is 183 Å². The third-order valence-corrected chi connectivity index (χ3v) is 4.23. The van der Waals surface area contributed by atoms with E-state index in [0.717, 1.165) is 11.8 Å². The van der Waals surface area contributed by atoms with Crippen molar-refractivity contribution in [3.63, 3.8) is 0 Å². The molecule has 0 aliphatic carbocycles. The second kappa shape index (κ2) is 10.4. The number of nitrogens with zero attached hydrogens (tertiary/aromatic N) is 3. The van der Waals surface area contributed by atoms with Crippen molar-refractivity contribution in [2.75, 3.05) is 17.3 Å². The number of nitro groups is 1. The van der Waals surface area contributed by atoms with Gasteiger partial charge in [-0.05, 0) is 29.8 Å². The van der Waals surface area contributed by atoms with Crippen molar-refractivity contribution in [2.24, 2.45) is 16.5 Å². The molecule has 0 spiro atoms. The second-order valence-electron chi connectivity index (χ2n) is 6.51. The number of nitrogens with one attached hydrogen (secondary N) is 2. The summed E-state index contributed by atoms with van der Waals surface area (Å²) in [5.74, 6) is 0.288. The van der Waals surface area contributed by atoms with Crippen LogP contribution in [0.25, 0.3) is 0 Å². The molecule has 1 amide bonds. The number of aromatic nitrogens is 1. The first-order valence-corrected chi connectivity index (χ1v) is 9.44. The van der Waals surface area contributed by atoms with Crippen LogP contribution in [0.4, 0.5) is 17.2 Å². The van der Waals surface area contributed by atoms with Crippen molar-refractivity contribution in [3.05, 3.63) is 88.1 Å². The standard InChI is InChI=1S/C21H21N7O4/c22-20(29)15-6-8-17(18(10-15)32-12-14-4-2-1-3-5-14)27-21(23)26-13-25-19-9-7-16(11-24-19)28(30)31/h1-11H,12-13H2,(H2,22,29)(H,24,25)(H3,23,26,27). The number of aliphatic imine (C=N–C) groups is 1. The number of carbonyl (C=O) groups is 1. The molecule has 32 heavy (non-hydrogen) atoms. The van der Waals surface area contributed by atoms with Crippen LogP contribution >= 0.6 is 0 Å². The van der Waals surface area contributed by atoms with Crippen LogP contribution in [-0.2, 0) is 6.61 Å². The fourth-order valence-corrected chi connectivity index (χ4v) is 2.62. The highest BCUT2D eigenvalue weighted by atomic mass is 16.6. The molecule has 1 heterocycles. The Balaban J connectivity index is 1.66. The molecule has 0 fully saturated rings. The van der Waals surface area contributed by atoms with Gasteiger partial charge in [0.15, 0.2) is 5.96 Å². The van der Waals surface area contributed by atoms with Gasteiger partial charge in [-0.1, -0.05) is 30.3 Å². The van der Waals surface area contributed by atoms with E-state index in [1.807, 2.05) is 30.3 Å². The molecule has 0 saturated heterocycles. The van der Waals surface area contributed by atoms with Crippen molar-refractivity contribution in [1.82, 2.24) is 4.98 Å². The van der Waals surface area contributed by atoms with E-state index in [9.17, 15) is 14.9 Å². The Bertz CT molecular complexity index is 1120. The van der Waals surface area contributed by atoms with E-state index >= 15 is 0 Å². The maximum atomic E-state index is 11.5. The molecule has 0 saturated carbocycles. The summed E-state index contributed by atoms with van der Waals surface area (Å²) >= 11 is 0. The molecule has 11 nitrogen and oxygen atoms in total. The van der Waals surface area contributed by atoms with Crippen LogP contribution < -0.4 is 26.8 Å². The van der Waals surface area contributed by atoms with Crippen LogP contribution in [0, 0.1) is 10.1 Å². The highest BCUT2D eigenvalue weighted by molar-refractivity contribution is 5.97. The van der Waals surface area contributed by atoms with Gasteiger partial charge in [-0.15, -0.1) is 0 Å². The predicted octanol–water partition coefficient (Wildman–Crippen LogP) is 2.46. The number of carbonyl (C=O) groups excluding carboxylic acids is 1. The lowest BCUT2D eigenvalue weighted by Crippen LogP contribution is -2.24. The molecule has 3 rings (SSSR count). The van der Waals surface area contributed by atoms with Gasteiger partial charge in [0.2, 0.25) is 5.91 Å². The first-order valence-electron chi connectivity index (χ1n) is 9.44. The molecule has 0 atom stereocenters. The predicted molar refractivity (Wildman–Crippen MR) is 120 cm³/mol. The maximum Gasteiger partial charge on any atom is 0.287 e. The van der Waals surface area contributed by atoms with E-state index in [1.165, 1.54) is 18.2 Å². The van der Waals surface area contributed by atoms with Crippen molar-refractivity contribution in [3.8, 4) is 5.75 Å². The zero-order chi connectivity index (χ0) is 22.9. The number of ether oxygens (including phenoxy) is 1. The highest BCUT2D eigenvalue weighted by Gasteiger charge is 2.10. The van der Waals surface area contributed by atoms with Gasteiger partial charge in [-0.3, -0.25) is 14.9 Å². The van der Waals surface area contributed by atoms with Crippen LogP contribution in [0.2, 0.25) is 0 Å². The molecule has 11 heteroatoms. The number of pyridine rings is 1. The lowest BCUT2D eigenvalue weighted by atomic mass is 10.1. The third kappa shape index (κ3) is 6.16. The van der Waals surface area contributed by atoms with Gasteiger partial charge in [0.25, 0.3) is 5.69 Å². The number of guanidine groups is 1. The van der Waals surface area contributed by atoms with Crippen molar-refractivity contribution >= 4 is 29.1 Å². The van der Waals surface area contributed by atoms with E-state index < -0.39 is 10.8 Å². The lowest BCUT2D eigenvalue weighted by Gasteiger charge is -2.14. The molecule has 3 aromatic rings. The van der Waals surface area contributed by atoms with Crippen LogP contribution in [-0.4, -0.2) is 28.4 Å². The molecule has 0 aliphatic rings. The molecular formula is C21H21N7O4. The second-order valence-corrected chi connectivity index (χ2v) is 6.51. The minimum absolute atomic E-state index is 0.0726. The first kappa shape index (κ1) is 22.0. The molecule has 1 aromatic heterocycles. The fourth-order valence-electron chi connectivity index (χ4n) is 2.62. The van der Waals surface area contributed by atoms with Crippen molar-refractivity contribution in [2.45, 2.75) is 6.61 Å². The van der Waals surface area contributed by atoms with Crippen molar-refractivity contribution < 1.29 is 14.5 Å². The summed E-state index contributed by atoms with van der Waals surface area (Å²) in [7, 11) is 0. The molecule has 2 aromatic carbocycles. The largest absolute Gasteiger partial charge is 0.487 e. The Morgan fingerprint density at radius 2 is 1.91 bits per heavy atom. The van der Waals surface area contributed by atoms with E-state index in [0.29, 0.717) is 22.8 Å². The Hall–Kier alpha value is -4.67. The first-order chi connectivity index (χ1) is 15.4. The van der Waals surface area contributed by atoms with Gasteiger partial charge in [0.05, 0.1) is 10.6 Å². The zero-order valence-electron chi connectivity index (χ0n) is 16.9. The number of anilines is 2. The summed E-state index contributed by atoms with van der Waals surface area (Å²) < 4.78 is 5.86. The quantitative estimate of drug-likeness (QED) is 0.172. The topological polar surface area (TPSA) is 171 Å². The molecular weight excluding hydrogens is 414 g/mol. The molecule has 0 aliphatic heterocycles. The number of hydrogen-bond acceptors (Lipinski definition) is 7. The van der Waals surface area contributed by atoms with Crippen LogP contribution in [0.3, 0.4) is 0 Å². The van der Waals surface area contributed by atoms with Crippen LogP contribution in [0.5, 0.6) is 5.75 Å². The van der Waals surface area contributed by atoms with Crippen molar-refractivity contribution in [1.29, 1.82) is 0 Å². The molecule has 0 radical (unpaired) electrons. The van der Waals surface area contributed by atoms with Gasteiger partial charge in [-0.2, -0.15) is 0 Å². The van der Waals surface area contributed by atoms with E-state index in [4.69, 9.17) is 16.2 Å². The van der Waals surface area contributed by atoms with Gasteiger partial charge < -0.3 is 26.8 Å². The van der Waals surface area contributed by atoms with Crippen LogP contribution in [0.15, 0.2) is 71.9 Å². The number of benzene rings is 2. The van der Waals surface area contributed by atoms with Gasteiger partial charge in [-0.25, -0.2) is 9.98 Å². The van der Waals surface area contributed by atoms with Gasteiger partial charge in [0, 0.05) is 11.6 Å². The normalized spacial score (nSPS) is 10.9. The molecule has 0 unspecified atom stereocenters. The maximum absolute atomic E-state index is 11.5. The fraction of sp³-hybridized carbons (Fsp3) is 0.0952. The number of nitrogens with two attached hydrogens (primary N) is 2. The number of hydrogen-bond donors (Lipinski definition) is 4. The van der Waals surface area contributed by atoms with E-state index in [1.54, 1.807) is 12.1 Å². The summed E-state index contributed by atoms with van der Waals surface area (Å²) in [6.07, 6.45) is 1.14. The highest BCUT2D eigenvalue weighted by Crippen LogP contribution is 2.27. The number of rotatable bonds is 9. The monoisotopic (exact) mass is 435 g/mol. The number of amides is 1. The summed E-state index contributed by atoms with van der Waals surface area (Å²) in [4.78, 5) is 29.7. The minimum Gasteiger partial charge on any atom is -0.487 e. The lowest BCUT2D eigenvalue weighted by molar-refractivity contribution is -0.385. The minimum atomic E-state index is -0.581. The zero-order valence-corrected chi connectivity index (χ0v) is 16.9. The SMILES string of the molecule is NC(=O)c1ccc(N/C(N)=N\CNc2ccc([N+](=O)[O-])cn2)c(OCc2ccccc2)c1. The summed E-state index contributed by atoms with van der Waals surface area (Å²) in [5, 5.41) is 16.5. The average Bonchev–Trinajstić information content (AvgIpc) is 2.79. The summed E-state index contributed by atoms with van der Waals surface area (Å²) in [5.41, 5.74) is 13.0. The Morgan fingerprint density at radius 1 is 1.12 bits per heavy atom. The number of primary amides is 1. The average molecular weight is 435 g/mol. The van der Waals surface area contributed by atoms with Gasteiger partial charge in [0.1, 0.15) is 31.0 Å². The summed E-state index contributed by atoms with van der Waals surface area (Å²) in [6, 6.07) is 17.0.